The van der Waals surface area contributed by atoms with Gasteiger partial charge in [0.05, 0.1) is 64.4 Å². The van der Waals surface area contributed by atoms with E-state index in [4.69, 9.17) is 14.0 Å². The Morgan fingerprint density at radius 3 is 1.95 bits per heavy atom. The van der Waals surface area contributed by atoms with Gasteiger partial charge in [-0.15, -0.1) is 0 Å². The molecule has 3 atom stereocenters. The maximum atomic E-state index is 14.0. The normalized spacial score (nSPS) is 15.2. The number of nitrogens with zero attached hydrogens (tertiary/aromatic N) is 2. The first-order chi connectivity index (χ1) is 25.6. The van der Waals surface area contributed by atoms with Crippen LogP contribution in [0.2, 0.25) is 0 Å². The summed E-state index contributed by atoms with van der Waals surface area (Å²) in [7, 11) is 3.24. The van der Waals surface area contributed by atoms with Crippen LogP contribution in [-0.4, -0.2) is 154 Å². The molecule has 0 aromatic heterocycles. The first-order valence-corrected chi connectivity index (χ1v) is 22.4. The van der Waals surface area contributed by atoms with Gasteiger partial charge < -0.3 is 34.2 Å². The van der Waals surface area contributed by atoms with Crippen LogP contribution in [-0.2, 0) is 43.6 Å². The van der Waals surface area contributed by atoms with Crippen molar-refractivity contribution in [2.75, 3.05) is 92.2 Å². The van der Waals surface area contributed by atoms with Gasteiger partial charge in [0, 0.05) is 36.5 Å². The van der Waals surface area contributed by atoms with Crippen LogP contribution in [0.15, 0.2) is 0 Å². The molecule has 328 valence electrons. The van der Waals surface area contributed by atoms with Gasteiger partial charge in [0.2, 0.25) is 11.8 Å². The van der Waals surface area contributed by atoms with Gasteiger partial charge in [-0.1, -0.05) is 20.3 Å². The largest absolute Gasteiger partial charge is 0.477 e. The Morgan fingerprint density at radius 2 is 1.38 bits per heavy atom. The van der Waals surface area contributed by atoms with Crippen molar-refractivity contribution in [3.8, 4) is 0 Å². The molecule has 56 heavy (non-hydrogen) atoms. The quantitative estimate of drug-likeness (QED) is 0.0196. The van der Waals surface area contributed by atoms with E-state index in [2.05, 4.69) is 35.9 Å². The number of ether oxygens (including phenoxy) is 2. The molecule has 15 nitrogen and oxygen atoms in total. The minimum absolute atomic E-state index is 0.0142. The SMILES string of the molecule is CCC(C)(CC(C)(CC(C)(C)C(=O)OCC[N+](C)(C)CCCS(=O)(=O)O)C(=O)OCCNC(=O)CCCCC(S)CCS)C(=O)NCCC[N+](C)(C)CC(=O)O. The van der Waals surface area contributed by atoms with Crippen molar-refractivity contribution in [3.63, 3.8) is 0 Å². The zero-order valence-corrected chi connectivity index (χ0v) is 38.1. The van der Waals surface area contributed by atoms with E-state index in [9.17, 15) is 37.5 Å². The van der Waals surface area contributed by atoms with Gasteiger partial charge in [0.25, 0.3) is 10.1 Å². The number of carbonyl (C=O) groups is 5. The fourth-order valence-electron chi connectivity index (χ4n) is 6.77. The van der Waals surface area contributed by atoms with Crippen LogP contribution in [0, 0.1) is 16.2 Å². The Kier molecular flexibility index (Phi) is 23.8. The molecule has 0 saturated carbocycles. The summed E-state index contributed by atoms with van der Waals surface area (Å²) in [6.45, 7) is 10.2. The molecule has 0 heterocycles. The molecule has 0 aromatic rings. The second-order valence-electron chi connectivity index (χ2n) is 17.6. The van der Waals surface area contributed by atoms with Crippen molar-refractivity contribution in [1.82, 2.24) is 10.6 Å². The average Bonchev–Trinajstić information content (AvgIpc) is 3.05. The van der Waals surface area contributed by atoms with Crippen LogP contribution >= 0.6 is 25.3 Å². The molecule has 0 fully saturated rings. The highest BCUT2D eigenvalue weighted by Crippen LogP contribution is 2.45. The molecule has 0 bridgehead atoms. The van der Waals surface area contributed by atoms with Crippen LogP contribution in [0.5, 0.6) is 0 Å². The summed E-state index contributed by atoms with van der Waals surface area (Å²) >= 11 is 8.75. The van der Waals surface area contributed by atoms with Gasteiger partial charge in [0.1, 0.15) is 19.8 Å². The van der Waals surface area contributed by atoms with Crippen LogP contribution in [0.4, 0.5) is 0 Å². The molecule has 0 aromatic carbocycles. The average molecular weight is 859 g/mol. The third-order valence-electron chi connectivity index (χ3n) is 10.2. The molecular weight excluding hydrogens is 785 g/mol. The number of rotatable bonds is 31. The first kappa shape index (κ1) is 53.9. The Labute approximate surface area is 347 Å². The second kappa shape index (κ2) is 24.7. The molecule has 0 aliphatic heterocycles. The summed E-state index contributed by atoms with van der Waals surface area (Å²) in [6.07, 6.45) is 4.88. The van der Waals surface area contributed by atoms with Gasteiger partial charge in [0.15, 0.2) is 6.54 Å². The number of thiol groups is 2. The predicted molar refractivity (Wildman–Crippen MR) is 224 cm³/mol. The number of aliphatic carboxylic acids is 1. The third kappa shape index (κ3) is 23.3. The highest BCUT2D eigenvalue weighted by molar-refractivity contribution is 7.85. The van der Waals surface area contributed by atoms with Crippen molar-refractivity contribution in [2.24, 2.45) is 16.2 Å². The number of carboxylic acids is 1. The standard InChI is InChI=1S/C38H72N4O11S3/c1-10-37(4,33(46)40-18-13-20-42(8,9)27-32(44)45)29-38(5,35(48)52-23-19-39-31(43)16-12-11-15-30(55)17-25-54)28-36(2,3)34(47)53-24-22-41(6,7)21-14-26-56(49,50)51/h30H,10-29H2,1-9H3,(H4-2,39,40,43,44,45,46,49,50,51,54,55)/p+2. The summed E-state index contributed by atoms with van der Waals surface area (Å²) in [5.74, 6) is -2.12. The Bertz CT molecular complexity index is 1380. The fourth-order valence-corrected chi connectivity index (χ4v) is 8.09. The number of likely N-dealkylation sites (N-methyl/N-ethyl adjacent to an activating group) is 2. The number of esters is 2. The highest BCUT2D eigenvalue weighted by Gasteiger charge is 2.49. The highest BCUT2D eigenvalue weighted by atomic mass is 32.2. The van der Waals surface area contributed by atoms with Crippen molar-refractivity contribution in [3.05, 3.63) is 0 Å². The summed E-state index contributed by atoms with van der Waals surface area (Å²) in [4.78, 5) is 64.9. The smallest absolute Gasteiger partial charge is 0.359 e. The van der Waals surface area contributed by atoms with E-state index < -0.39 is 44.3 Å². The number of quaternary nitrogens is 2. The summed E-state index contributed by atoms with van der Waals surface area (Å²) in [5.41, 5.74) is -3.58. The minimum atomic E-state index is -4.08. The van der Waals surface area contributed by atoms with Gasteiger partial charge >= 0.3 is 17.9 Å². The van der Waals surface area contributed by atoms with E-state index in [1.165, 1.54) is 0 Å². The molecular formula is C38H74N4O11S3+2. The molecule has 0 aliphatic rings. The topological polar surface area (TPSA) is 202 Å². The first-order valence-electron chi connectivity index (χ1n) is 19.6. The second-order valence-corrected chi connectivity index (χ2v) is 20.3. The van der Waals surface area contributed by atoms with Crippen LogP contribution in [0.1, 0.15) is 98.8 Å². The van der Waals surface area contributed by atoms with Gasteiger partial charge in [-0.25, -0.2) is 4.79 Å². The van der Waals surface area contributed by atoms with Crippen molar-refractivity contribution >= 4 is 65.1 Å². The number of hydrogen-bond donors (Lipinski definition) is 6. The lowest BCUT2D eigenvalue weighted by Crippen LogP contribution is -2.48. The molecule has 0 radical (unpaired) electrons. The van der Waals surface area contributed by atoms with Gasteiger partial charge in [-0.2, -0.15) is 33.7 Å². The lowest BCUT2D eigenvalue weighted by Gasteiger charge is -2.40. The lowest BCUT2D eigenvalue weighted by atomic mass is 9.64. The van der Waals surface area contributed by atoms with Crippen molar-refractivity contribution in [2.45, 2.75) is 104 Å². The van der Waals surface area contributed by atoms with Gasteiger partial charge in [-0.05, 0) is 65.0 Å². The number of hydrogen-bond acceptors (Lipinski definition) is 11. The summed E-state index contributed by atoms with van der Waals surface area (Å²) < 4.78 is 43.3. The van der Waals surface area contributed by atoms with Crippen molar-refractivity contribution in [1.29, 1.82) is 0 Å². The molecule has 0 spiro atoms. The number of carbonyl (C=O) groups excluding carboxylic acids is 4. The predicted octanol–water partition coefficient (Wildman–Crippen LogP) is 3.62. The minimum Gasteiger partial charge on any atom is -0.477 e. The van der Waals surface area contributed by atoms with E-state index >= 15 is 0 Å². The Hall–Kier alpha value is -2.12. The van der Waals surface area contributed by atoms with Crippen LogP contribution in [0.3, 0.4) is 0 Å². The van der Waals surface area contributed by atoms with Crippen LogP contribution < -0.4 is 10.6 Å². The molecule has 4 N–H and O–H groups in total. The maximum absolute atomic E-state index is 14.0. The zero-order valence-electron chi connectivity index (χ0n) is 35.5. The molecule has 0 aliphatic carbocycles. The summed E-state index contributed by atoms with van der Waals surface area (Å²) in [6, 6.07) is 0. The zero-order chi connectivity index (χ0) is 43.4. The van der Waals surface area contributed by atoms with E-state index in [1.54, 1.807) is 41.8 Å². The summed E-state index contributed by atoms with van der Waals surface area (Å²) in [5, 5.41) is 15.2. The van der Waals surface area contributed by atoms with E-state index in [0.717, 1.165) is 25.0 Å². The monoisotopic (exact) mass is 858 g/mol. The number of nitrogens with one attached hydrogen (secondary N) is 2. The molecule has 18 heteroatoms. The van der Waals surface area contributed by atoms with E-state index in [1.807, 2.05) is 21.0 Å². The Morgan fingerprint density at radius 1 is 0.768 bits per heavy atom. The van der Waals surface area contributed by atoms with Gasteiger partial charge in [-0.3, -0.25) is 23.7 Å². The molecule has 2 amide bonds. The number of amides is 2. The van der Waals surface area contributed by atoms with Crippen LogP contribution in [0.25, 0.3) is 0 Å². The number of unbranched alkanes of at least 4 members (excludes halogenated alkanes) is 1. The maximum Gasteiger partial charge on any atom is 0.359 e. The van der Waals surface area contributed by atoms with E-state index in [0.29, 0.717) is 56.3 Å². The molecule has 0 rings (SSSR count). The molecule has 3 unspecified atom stereocenters. The Balaban J connectivity index is 5.80. The molecule has 0 saturated heterocycles. The number of carboxylic acid groups (broad SMARTS) is 1. The van der Waals surface area contributed by atoms with E-state index in [-0.39, 0.29) is 72.9 Å². The fraction of sp³-hybridized carbons (Fsp3) is 0.868. The third-order valence-corrected chi connectivity index (χ3v) is 11.8. The lowest BCUT2D eigenvalue weighted by molar-refractivity contribution is -0.890. The van der Waals surface area contributed by atoms with Crippen molar-refractivity contribution < 1.29 is 60.5 Å².